The van der Waals surface area contributed by atoms with E-state index in [0.717, 1.165) is 31.3 Å². The molecule has 0 bridgehead atoms. The molecule has 6 heteroatoms. The van der Waals surface area contributed by atoms with Gasteiger partial charge in [-0.2, -0.15) is 0 Å². The number of thiazole rings is 1. The van der Waals surface area contributed by atoms with Crippen molar-refractivity contribution >= 4 is 22.3 Å². The van der Waals surface area contributed by atoms with Crippen molar-refractivity contribution in [3.05, 3.63) is 11.6 Å². The summed E-state index contributed by atoms with van der Waals surface area (Å²) in [6, 6.07) is 0.367. The molecule has 0 aromatic carbocycles. The Bertz CT molecular complexity index is 356. The van der Waals surface area contributed by atoms with Gasteiger partial charge in [0.05, 0.1) is 5.84 Å². The SMILES string of the molecule is CC(CC(=N)N)N1CCN(c2nccs2)CC1. The molecule has 1 unspecified atom stereocenters. The van der Waals surface area contributed by atoms with Crippen LogP contribution >= 0.6 is 11.3 Å². The van der Waals surface area contributed by atoms with Gasteiger partial charge in [-0.1, -0.05) is 0 Å². The van der Waals surface area contributed by atoms with Gasteiger partial charge in [-0.05, 0) is 6.92 Å². The van der Waals surface area contributed by atoms with E-state index in [1.807, 2.05) is 11.6 Å². The highest BCUT2D eigenvalue weighted by Crippen LogP contribution is 2.19. The molecule has 0 aliphatic carbocycles. The summed E-state index contributed by atoms with van der Waals surface area (Å²) in [7, 11) is 0. The van der Waals surface area contributed by atoms with Gasteiger partial charge in [0.25, 0.3) is 0 Å². The molecule has 1 atom stereocenters. The molecular formula is C11H19N5S. The van der Waals surface area contributed by atoms with Crippen LogP contribution in [0, 0.1) is 5.41 Å². The van der Waals surface area contributed by atoms with Crippen LogP contribution < -0.4 is 10.6 Å². The number of hydrogen-bond acceptors (Lipinski definition) is 5. The predicted octanol–water partition coefficient (Wildman–Crippen LogP) is 0.980. The lowest BCUT2D eigenvalue weighted by Crippen LogP contribution is -2.50. The molecule has 1 aromatic rings. The van der Waals surface area contributed by atoms with Crippen molar-refractivity contribution in [3.8, 4) is 0 Å². The number of nitrogens with two attached hydrogens (primary N) is 1. The van der Waals surface area contributed by atoms with E-state index in [2.05, 4.69) is 21.7 Å². The summed E-state index contributed by atoms with van der Waals surface area (Å²) in [5.74, 6) is 0.278. The van der Waals surface area contributed by atoms with Gasteiger partial charge < -0.3 is 10.6 Å². The van der Waals surface area contributed by atoms with E-state index < -0.39 is 0 Å². The molecule has 17 heavy (non-hydrogen) atoms. The van der Waals surface area contributed by atoms with Crippen LogP contribution in [0.1, 0.15) is 13.3 Å². The number of amidine groups is 1. The minimum atomic E-state index is 0.278. The maximum Gasteiger partial charge on any atom is 0.185 e. The van der Waals surface area contributed by atoms with Crippen LogP contribution in [0.3, 0.4) is 0 Å². The molecule has 1 saturated heterocycles. The van der Waals surface area contributed by atoms with Crippen molar-refractivity contribution in [1.82, 2.24) is 9.88 Å². The van der Waals surface area contributed by atoms with Crippen LogP contribution in [-0.4, -0.2) is 47.9 Å². The highest BCUT2D eigenvalue weighted by Gasteiger charge is 2.22. The third-order valence-corrected chi connectivity index (χ3v) is 3.97. The average Bonchev–Trinajstić information content (AvgIpc) is 2.82. The van der Waals surface area contributed by atoms with Gasteiger partial charge in [0, 0.05) is 50.2 Å². The normalized spacial score (nSPS) is 19.2. The van der Waals surface area contributed by atoms with Crippen LogP contribution in [0.2, 0.25) is 0 Å². The highest BCUT2D eigenvalue weighted by molar-refractivity contribution is 7.13. The van der Waals surface area contributed by atoms with Gasteiger partial charge in [-0.3, -0.25) is 10.3 Å². The summed E-state index contributed by atoms with van der Waals surface area (Å²) < 4.78 is 0. The molecule has 2 heterocycles. The molecule has 1 aromatic heterocycles. The lowest BCUT2D eigenvalue weighted by Gasteiger charge is -2.37. The number of hydrogen-bond donors (Lipinski definition) is 2. The molecule has 0 amide bonds. The van der Waals surface area contributed by atoms with Crippen molar-refractivity contribution in [1.29, 1.82) is 5.41 Å². The molecule has 3 N–H and O–H groups in total. The van der Waals surface area contributed by atoms with Crippen molar-refractivity contribution < 1.29 is 0 Å². The van der Waals surface area contributed by atoms with Gasteiger partial charge in [-0.25, -0.2) is 4.98 Å². The van der Waals surface area contributed by atoms with E-state index in [1.165, 1.54) is 0 Å². The average molecular weight is 253 g/mol. The zero-order chi connectivity index (χ0) is 12.3. The Balaban J connectivity index is 1.83. The Labute approximate surface area is 106 Å². The van der Waals surface area contributed by atoms with Crippen LogP contribution in [0.4, 0.5) is 5.13 Å². The summed E-state index contributed by atoms with van der Waals surface area (Å²) in [5.41, 5.74) is 5.44. The summed E-state index contributed by atoms with van der Waals surface area (Å²) in [6.07, 6.45) is 2.52. The van der Waals surface area contributed by atoms with E-state index >= 15 is 0 Å². The van der Waals surface area contributed by atoms with Crippen molar-refractivity contribution in [2.24, 2.45) is 5.73 Å². The molecule has 1 fully saturated rings. The maximum absolute atomic E-state index is 7.33. The zero-order valence-corrected chi connectivity index (χ0v) is 10.9. The summed E-state index contributed by atoms with van der Waals surface area (Å²) in [4.78, 5) is 9.05. The molecule has 1 aliphatic rings. The second kappa shape index (κ2) is 5.46. The number of nitrogens with one attached hydrogen (secondary N) is 1. The van der Waals surface area contributed by atoms with E-state index in [-0.39, 0.29) is 5.84 Å². The fourth-order valence-electron chi connectivity index (χ4n) is 2.17. The second-order valence-electron chi connectivity index (χ2n) is 4.42. The minimum Gasteiger partial charge on any atom is -0.388 e. The lowest BCUT2D eigenvalue weighted by atomic mass is 10.1. The first kappa shape index (κ1) is 12.3. The zero-order valence-electron chi connectivity index (χ0n) is 10.1. The second-order valence-corrected chi connectivity index (χ2v) is 5.29. The van der Waals surface area contributed by atoms with Gasteiger partial charge in [0.15, 0.2) is 5.13 Å². The Morgan fingerprint density at radius 1 is 1.53 bits per heavy atom. The maximum atomic E-state index is 7.33. The number of aromatic nitrogens is 1. The third-order valence-electron chi connectivity index (χ3n) is 3.14. The van der Waals surface area contributed by atoms with Crippen molar-refractivity contribution in [3.63, 3.8) is 0 Å². The molecular weight excluding hydrogens is 234 g/mol. The number of nitrogens with zero attached hydrogens (tertiary/aromatic N) is 3. The van der Waals surface area contributed by atoms with Crippen LogP contribution in [0.25, 0.3) is 0 Å². The molecule has 2 rings (SSSR count). The Morgan fingerprint density at radius 3 is 2.76 bits per heavy atom. The molecule has 1 aliphatic heterocycles. The van der Waals surface area contributed by atoms with Gasteiger partial charge in [0.2, 0.25) is 0 Å². The standard InChI is InChI=1S/C11H19N5S/c1-9(8-10(12)13)15-3-5-16(6-4-15)11-14-2-7-17-11/h2,7,9H,3-6,8H2,1H3,(H3,12,13). The quantitative estimate of drug-likeness (QED) is 0.620. The van der Waals surface area contributed by atoms with Crippen molar-refractivity contribution in [2.75, 3.05) is 31.1 Å². The van der Waals surface area contributed by atoms with Gasteiger partial charge >= 0.3 is 0 Å². The first-order valence-corrected chi connectivity index (χ1v) is 6.76. The third kappa shape index (κ3) is 3.17. The topological polar surface area (TPSA) is 69.2 Å². The Kier molecular flexibility index (Phi) is 3.96. The molecule has 0 spiro atoms. The minimum absolute atomic E-state index is 0.278. The molecule has 0 radical (unpaired) electrons. The molecule has 0 saturated carbocycles. The fourth-order valence-corrected chi connectivity index (χ4v) is 2.87. The largest absolute Gasteiger partial charge is 0.388 e. The summed E-state index contributed by atoms with van der Waals surface area (Å²) in [6.45, 7) is 6.20. The number of rotatable bonds is 4. The van der Waals surface area contributed by atoms with E-state index in [9.17, 15) is 0 Å². The Morgan fingerprint density at radius 2 is 2.24 bits per heavy atom. The summed E-state index contributed by atoms with van der Waals surface area (Å²) >= 11 is 1.69. The summed E-state index contributed by atoms with van der Waals surface area (Å²) in [5, 5.41) is 10.5. The van der Waals surface area contributed by atoms with E-state index in [4.69, 9.17) is 11.1 Å². The lowest BCUT2D eigenvalue weighted by molar-refractivity contribution is 0.201. The molecule has 5 nitrogen and oxygen atoms in total. The van der Waals surface area contributed by atoms with E-state index in [1.54, 1.807) is 11.3 Å². The van der Waals surface area contributed by atoms with Crippen LogP contribution in [0.5, 0.6) is 0 Å². The van der Waals surface area contributed by atoms with E-state index in [0.29, 0.717) is 12.5 Å². The van der Waals surface area contributed by atoms with Crippen molar-refractivity contribution in [2.45, 2.75) is 19.4 Å². The number of anilines is 1. The predicted molar refractivity (Wildman–Crippen MR) is 71.9 cm³/mol. The first-order chi connectivity index (χ1) is 8.16. The Hall–Kier alpha value is -1.14. The molecule has 94 valence electrons. The monoisotopic (exact) mass is 253 g/mol. The first-order valence-electron chi connectivity index (χ1n) is 5.88. The smallest absolute Gasteiger partial charge is 0.185 e. The van der Waals surface area contributed by atoms with Crippen LogP contribution in [-0.2, 0) is 0 Å². The van der Waals surface area contributed by atoms with Crippen LogP contribution in [0.15, 0.2) is 11.6 Å². The number of piperazine rings is 1. The highest BCUT2D eigenvalue weighted by atomic mass is 32.1. The van der Waals surface area contributed by atoms with Gasteiger partial charge in [0.1, 0.15) is 0 Å². The fraction of sp³-hybridized carbons (Fsp3) is 0.636. The van der Waals surface area contributed by atoms with Gasteiger partial charge in [-0.15, -0.1) is 11.3 Å².